The van der Waals surface area contributed by atoms with Gasteiger partial charge in [-0.05, 0) is 25.1 Å². The monoisotopic (exact) mass is 261 g/mol. The van der Waals surface area contributed by atoms with Crippen molar-refractivity contribution >= 4 is 23.2 Å². The van der Waals surface area contributed by atoms with E-state index in [0.29, 0.717) is 10.0 Å². The van der Waals surface area contributed by atoms with Crippen molar-refractivity contribution in [1.29, 1.82) is 0 Å². The predicted octanol–water partition coefficient (Wildman–Crippen LogP) is 3.11. The first-order chi connectivity index (χ1) is 7.65. The smallest absolute Gasteiger partial charge is 0.0624 e. The largest absolute Gasteiger partial charge is 0.383 e. The molecule has 0 saturated heterocycles. The Balaban J connectivity index is 2.45. The van der Waals surface area contributed by atoms with Gasteiger partial charge in [0.05, 0.1) is 16.7 Å². The Hall–Kier alpha value is -0.280. The number of hydrogen-bond donors (Lipinski definition) is 0. The predicted molar refractivity (Wildman–Crippen MR) is 69.5 cm³/mol. The van der Waals surface area contributed by atoms with Crippen LogP contribution < -0.4 is 0 Å². The summed E-state index contributed by atoms with van der Waals surface area (Å²) >= 11 is 12.1. The molecule has 0 bridgehead atoms. The van der Waals surface area contributed by atoms with Crippen LogP contribution in [0.1, 0.15) is 5.56 Å². The van der Waals surface area contributed by atoms with Crippen molar-refractivity contribution in [1.82, 2.24) is 4.90 Å². The maximum atomic E-state index is 6.11. The second-order valence-electron chi connectivity index (χ2n) is 3.76. The Morgan fingerprint density at radius 2 is 2.00 bits per heavy atom. The number of benzene rings is 1. The van der Waals surface area contributed by atoms with Gasteiger partial charge in [-0.1, -0.05) is 35.3 Å². The summed E-state index contributed by atoms with van der Waals surface area (Å²) in [6, 6.07) is 5.75. The minimum absolute atomic E-state index is 0.624. The highest BCUT2D eigenvalue weighted by molar-refractivity contribution is 6.42. The fourth-order valence-electron chi connectivity index (χ4n) is 1.41. The second kappa shape index (κ2) is 7.13. The van der Waals surface area contributed by atoms with E-state index in [1.807, 2.05) is 18.2 Å². The topological polar surface area (TPSA) is 12.5 Å². The van der Waals surface area contributed by atoms with Gasteiger partial charge in [-0.15, -0.1) is 0 Å². The minimum atomic E-state index is 0.624. The van der Waals surface area contributed by atoms with Gasteiger partial charge in [-0.2, -0.15) is 0 Å². The van der Waals surface area contributed by atoms with Crippen molar-refractivity contribution in [2.24, 2.45) is 0 Å². The van der Waals surface area contributed by atoms with Crippen LogP contribution in [0.25, 0.3) is 0 Å². The fourth-order valence-corrected chi connectivity index (χ4v) is 1.83. The number of nitrogens with zero attached hydrogens (tertiary/aromatic N) is 1. The lowest BCUT2D eigenvalue weighted by Crippen LogP contribution is -2.25. The van der Waals surface area contributed by atoms with Crippen molar-refractivity contribution in [3.05, 3.63) is 33.8 Å². The summed E-state index contributed by atoms with van der Waals surface area (Å²) in [6.45, 7) is 2.62. The van der Waals surface area contributed by atoms with Gasteiger partial charge in [0.2, 0.25) is 0 Å². The van der Waals surface area contributed by atoms with E-state index in [1.54, 1.807) is 7.11 Å². The molecule has 0 radical (unpaired) electrons. The van der Waals surface area contributed by atoms with Crippen LogP contribution in [0.3, 0.4) is 0 Å². The van der Waals surface area contributed by atoms with Crippen molar-refractivity contribution in [3.8, 4) is 0 Å². The molecule has 90 valence electrons. The first-order valence-corrected chi connectivity index (χ1v) is 6.01. The molecule has 16 heavy (non-hydrogen) atoms. The maximum Gasteiger partial charge on any atom is 0.0624 e. The van der Waals surface area contributed by atoms with E-state index < -0.39 is 0 Å². The summed E-state index contributed by atoms with van der Waals surface area (Å²) in [5.74, 6) is 0. The van der Waals surface area contributed by atoms with Crippen molar-refractivity contribution < 1.29 is 4.74 Å². The molecule has 0 spiro atoms. The average Bonchev–Trinajstić information content (AvgIpc) is 2.28. The molecule has 0 fully saturated rings. The molecule has 0 heterocycles. The molecule has 0 N–H and O–H groups in total. The Bertz CT molecular complexity index is 331. The molecule has 0 aromatic heterocycles. The van der Waals surface area contributed by atoms with E-state index in [1.165, 1.54) is 0 Å². The van der Waals surface area contributed by atoms with Crippen molar-refractivity contribution in [2.45, 2.75) is 6.42 Å². The summed E-state index contributed by atoms with van der Waals surface area (Å²) in [7, 11) is 3.78. The van der Waals surface area contributed by atoms with Gasteiger partial charge in [-0.3, -0.25) is 0 Å². The first kappa shape index (κ1) is 13.8. The third-order valence-electron chi connectivity index (χ3n) is 2.47. The lowest BCUT2D eigenvalue weighted by molar-refractivity contribution is 0.162. The fraction of sp³-hybridized carbons (Fsp3) is 0.500. The first-order valence-electron chi connectivity index (χ1n) is 5.25. The van der Waals surface area contributed by atoms with Crippen molar-refractivity contribution in [2.75, 3.05) is 33.9 Å². The molecule has 0 aliphatic carbocycles. The van der Waals surface area contributed by atoms with Crippen LogP contribution >= 0.6 is 23.2 Å². The van der Waals surface area contributed by atoms with Crippen LogP contribution in [0.4, 0.5) is 0 Å². The molecule has 0 atom stereocenters. The molecule has 0 aliphatic rings. The average molecular weight is 262 g/mol. The number of methoxy groups -OCH3 is 1. The number of ether oxygens (including phenoxy) is 1. The summed E-state index contributed by atoms with van der Waals surface area (Å²) < 4.78 is 5.02. The molecule has 1 aromatic carbocycles. The molecule has 2 nitrogen and oxygen atoms in total. The third kappa shape index (κ3) is 4.30. The van der Waals surface area contributed by atoms with Crippen LogP contribution in [0.15, 0.2) is 18.2 Å². The standard InChI is InChI=1S/C12H17Cl2NO/c1-15(8-9-16-2)7-6-10-4-3-5-11(13)12(10)14/h3-5H,6-9H2,1-2H3. The maximum absolute atomic E-state index is 6.11. The Kier molecular flexibility index (Phi) is 6.14. The molecule has 0 amide bonds. The molecular weight excluding hydrogens is 245 g/mol. The highest BCUT2D eigenvalue weighted by Gasteiger charge is 2.05. The van der Waals surface area contributed by atoms with Crippen LogP contribution in [0, 0.1) is 0 Å². The molecule has 0 saturated carbocycles. The van der Waals surface area contributed by atoms with E-state index in [9.17, 15) is 0 Å². The molecule has 0 aliphatic heterocycles. The van der Waals surface area contributed by atoms with Gasteiger partial charge in [-0.25, -0.2) is 0 Å². The van der Waals surface area contributed by atoms with Gasteiger partial charge in [0.25, 0.3) is 0 Å². The molecule has 1 rings (SSSR count). The third-order valence-corrected chi connectivity index (χ3v) is 3.33. The van der Waals surface area contributed by atoms with Crippen molar-refractivity contribution in [3.63, 3.8) is 0 Å². The highest BCUT2D eigenvalue weighted by atomic mass is 35.5. The minimum Gasteiger partial charge on any atom is -0.383 e. The Labute approximate surface area is 107 Å². The molecule has 4 heteroatoms. The zero-order valence-corrected chi connectivity index (χ0v) is 11.2. The van der Waals surface area contributed by atoms with Gasteiger partial charge >= 0.3 is 0 Å². The van der Waals surface area contributed by atoms with E-state index in [0.717, 1.165) is 31.7 Å². The Morgan fingerprint density at radius 1 is 1.25 bits per heavy atom. The zero-order valence-electron chi connectivity index (χ0n) is 9.67. The number of hydrogen-bond acceptors (Lipinski definition) is 2. The second-order valence-corrected chi connectivity index (χ2v) is 4.54. The highest BCUT2D eigenvalue weighted by Crippen LogP contribution is 2.25. The summed E-state index contributed by atoms with van der Waals surface area (Å²) in [5, 5.41) is 1.29. The van der Waals surface area contributed by atoms with Crippen LogP contribution in [-0.4, -0.2) is 38.8 Å². The van der Waals surface area contributed by atoms with Gasteiger partial charge in [0.1, 0.15) is 0 Å². The number of halogens is 2. The quantitative estimate of drug-likeness (QED) is 0.781. The lowest BCUT2D eigenvalue weighted by Gasteiger charge is -2.16. The van der Waals surface area contributed by atoms with E-state index in [4.69, 9.17) is 27.9 Å². The molecular formula is C12H17Cl2NO. The van der Waals surface area contributed by atoms with E-state index in [-0.39, 0.29) is 0 Å². The molecule has 0 unspecified atom stereocenters. The van der Waals surface area contributed by atoms with Crippen LogP contribution in [0.5, 0.6) is 0 Å². The lowest BCUT2D eigenvalue weighted by atomic mass is 10.1. The van der Waals surface area contributed by atoms with E-state index in [2.05, 4.69) is 11.9 Å². The summed E-state index contributed by atoms with van der Waals surface area (Å²) in [4.78, 5) is 2.21. The normalized spacial score (nSPS) is 11.1. The number of likely N-dealkylation sites (N-methyl/N-ethyl adjacent to an activating group) is 1. The molecule has 1 aromatic rings. The van der Waals surface area contributed by atoms with Crippen LogP contribution in [0.2, 0.25) is 10.0 Å². The summed E-state index contributed by atoms with van der Waals surface area (Å²) in [6.07, 6.45) is 0.902. The van der Waals surface area contributed by atoms with Gasteiger partial charge in [0.15, 0.2) is 0 Å². The SMILES string of the molecule is COCCN(C)CCc1cccc(Cl)c1Cl. The van der Waals surface area contributed by atoms with Crippen LogP contribution in [-0.2, 0) is 11.2 Å². The Morgan fingerprint density at radius 3 is 2.69 bits per heavy atom. The van der Waals surface area contributed by atoms with Gasteiger partial charge in [0, 0.05) is 20.2 Å². The number of rotatable bonds is 6. The zero-order chi connectivity index (χ0) is 12.0. The summed E-state index contributed by atoms with van der Waals surface area (Å²) in [5.41, 5.74) is 1.10. The van der Waals surface area contributed by atoms with E-state index >= 15 is 0 Å². The van der Waals surface area contributed by atoms with Gasteiger partial charge < -0.3 is 9.64 Å².